The number of nitrogens with zero attached hydrogens (tertiary/aromatic N) is 1. The number of anilines is 1. The van der Waals surface area contributed by atoms with Crippen molar-refractivity contribution in [1.82, 2.24) is 4.57 Å². The Bertz CT molecular complexity index is 1470. The van der Waals surface area contributed by atoms with Gasteiger partial charge in [0.1, 0.15) is 5.82 Å². The average molecular weight is 597 g/mol. The number of carboxylic acid groups (broad SMARTS) is 1. The van der Waals surface area contributed by atoms with E-state index < -0.39 is 30.4 Å². The summed E-state index contributed by atoms with van der Waals surface area (Å²) in [7, 11) is 0. The first-order valence-corrected chi connectivity index (χ1v) is 13.6. The Kier molecular flexibility index (Phi) is 12.3. The van der Waals surface area contributed by atoms with Crippen LogP contribution < -0.4 is 15.5 Å². The summed E-state index contributed by atoms with van der Waals surface area (Å²) in [5.41, 5.74) is 4.57. The Labute approximate surface area is 275 Å². The molecule has 0 radical (unpaired) electrons. The van der Waals surface area contributed by atoms with E-state index in [2.05, 4.69) is 5.32 Å². The number of hydrogen-bond acceptors (Lipinski definition) is 5. The minimum absolute atomic E-state index is 0. The molecule has 0 saturated heterocycles. The Morgan fingerprint density at radius 3 is 2.10 bits per heavy atom. The number of carbonyl (C=O) groups is 2. The molecular weight excluding hydrogens is 563 g/mol. The molecule has 1 amide bonds. The summed E-state index contributed by atoms with van der Waals surface area (Å²) in [6, 6.07) is 24.6. The summed E-state index contributed by atoms with van der Waals surface area (Å²) in [6.45, 7) is 4.13. The van der Waals surface area contributed by atoms with Crippen molar-refractivity contribution in [3.05, 3.63) is 102 Å². The van der Waals surface area contributed by atoms with Gasteiger partial charge in [-0.05, 0) is 66.3 Å². The number of halogens is 1. The molecule has 3 aromatic carbocycles. The van der Waals surface area contributed by atoms with Crippen LogP contribution in [0.2, 0.25) is 0 Å². The van der Waals surface area contributed by atoms with Crippen molar-refractivity contribution < 1.29 is 29.3 Å². The monoisotopic (exact) mass is 596 g/mol. The van der Waals surface area contributed by atoms with Crippen molar-refractivity contribution in [3.63, 3.8) is 0 Å². The second-order valence-corrected chi connectivity index (χ2v) is 10.4. The zero-order chi connectivity index (χ0) is 29.5. The van der Waals surface area contributed by atoms with Gasteiger partial charge in [-0.3, -0.25) is 4.79 Å². The first kappa shape index (κ1) is 33.5. The van der Waals surface area contributed by atoms with Crippen molar-refractivity contribution in [1.29, 1.82) is 0 Å². The number of aliphatic hydroxyl groups is 1. The molecule has 0 aliphatic carbocycles. The molecule has 0 spiro atoms. The first-order chi connectivity index (χ1) is 19.7. The maximum absolute atomic E-state index is 14.0. The third kappa shape index (κ3) is 8.30. The number of nitrogens with one attached hydrogen (secondary N) is 1. The molecule has 1 aromatic heterocycles. The molecule has 0 aliphatic heterocycles. The van der Waals surface area contributed by atoms with Crippen molar-refractivity contribution in [3.8, 4) is 22.4 Å². The molecule has 9 heteroatoms. The number of aliphatic hydroxyl groups excluding tert-OH is 1. The molecule has 0 fully saturated rings. The minimum atomic E-state index is -1.42. The van der Waals surface area contributed by atoms with Gasteiger partial charge in [0.15, 0.2) is 0 Å². The van der Waals surface area contributed by atoms with Gasteiger partial charge in [-0.25, -0.2) is 4.39 Å². The Balaban J connectivity index is 0.00000484. The number of carbonyl (C=O) groups excluding carboxylic acids is 2. The number of amides is 1. The molecule has 7 nitrogen and oxygen atoms in total. The number of aliphatic carboxylic acids is 1. The van der Waals surface area contributed by atoms with E-state index in [1.165, 1.54) is 12.1 Å². The van der Waals surface area contributed by atoms with Crippen molar-refractivity contribution >= 4 is 55.3 Å². The van der Waals surface area contributed by atoms with Crippen LogP contribution in [0.15, 0.2) is 84.9 Å². The van der Waals surface area contributed by atoms with Crippen LogP contribution in [-0.4, -0.2) is 71.5 Å². The van der Waals surface area contributed by atoms with Crippen molar-refractivity contribution in [2.45, 2.75) is 57.8 Å². The summed E-state index contributed by atoms with van der Waals surface area (Å²) in [4.78, 5) is 24.9. The summed E-state index contributed by atoms with van der Waals surface area (Å²) < 4.78 is 15.9. The number of para-hydroxylation sites is 1. The second-order valence-electron chi connectivity index (χ2n) is 10.4. The maximum atomic E-state index is 14.0. The molecule has 214 valence electrons. The fraction of sp³-hybridized carbons (Fsp3) is 0.273. The van der Waals surface area contributed by atoms with Crippen LogP contribution in [0.5, 0.6) is 0 Å². The number of rotatable bonds is 12. The molecule has 42 heavy (non-hydrogen) atoms. The van der Waals surface area contributed by atoms with E-state index in [1.807, 2.05) is 66.9 Å². The third-order valence-corrected chi connectivity index (χ3v) is 6.90. The quantitative estimate of drug-likeness (QED) is 0.240. The van der Waals surface area contributed by atoms with Crippen LogP contribution in [0.4, 0.5) is 10.1 Å². The fourth-order valence-electron chi connectivity index (χ4n) is 5.18. The molecule has 2 atom stereocenters. The minimum Gasteiger partial charge on any atom is -0.852 e. The molecule has 2 N–H and O–H groups in total. The Morgan fingerprint density at radius 2 is 1.52 bits per heavy atom. The maximum Gasteiger partial charge on any atom is 2.00 e. The number of benzene rings is 3. The number of aromatic nitrogens is 1. The first-order valence-electron chi connectivity index (χ1n) is 13.6. The normalized spacial score (nSPS) is 12.4. The van der Waals surface area contributed by atoms with Crippen molar-refractivity contribution in [2.75, 3.05) is 5.32 Å². The van der Waals surface area contributed by atoms with E-state index >= 15 is 0 Å². The van der Waals surface area contributed by atoms with Gasteiger partial charge in [0.25, 0.3) is 5.91 Å². The van der Waals surface area contributed by atoms with E-state index in [0.717, 1.165) is 5.56 Å². The summed E-state index contributed by atoms with van der Waals surface area (Å²) in [6.07, 6.45) is -3.34. The van der Waals surface area contributed by atoms with Crippen LogP contribution in [0.3, 0.4) is 0 Å². The summed E-state index contributed by atoms with van der Waals surface area (Å²) in [5, 5.41) is 36.7. The topological polar surface area (TPSA) is 117 Å². The molecular formula is C33H33CaFN2O5. The van der Waals surface area contributed by atoms with Gasteiger partial charge < -0.3 is 30.0 Å². The van der Waals surface area contributed by atoms with Gasteiger partial charge >= 0.3 is 37.7 Å². The summed E-state index contributed by atoms with van der Waals surface area (Å²) >= 11 is 0. The number of hydrogen-bond donors (Lipinski definition) is 2. The van der Waals surface area contributed by atoms with E-state index in [0.29, 0.717) is 33.8 Å². The fourth-order valence-corrected chi connectivity index (χ4v) is 5.18. The largest absolute Gasteiger partial charge is 2.00 e. The van der Waals surface area contributed by atoms with Crippen LogP contribution in [0.25, 0.3) is 22.4 Å². The molecule has 0 aliphatic rings. The SMILES string of the molecule is CC(C)c1c(C(=O)Nc2ccccc2)c(-c2ccccc2)c(-c2ccc(F)cc2)n1CC[C@H]([O-])C[C@@H](O)CC(=O)[O-].[Ca+2]. The van der Waals surface area contributed by atoms with Gasteiger partial charge in [-0.15, -0.1) is 6.10 Å². The second kappa shape index (κ2) is 15.5. The van der Waals surface area contributed by atoms with Gasteiger partial charge in [-0.1, -0.05) is 62.4 Å². The van der Waals surface area contributed by atoms with Crippen molar-refractivity contribution in [2.24, 2.45) is 0 Å². The molecule has 1 heterocycles. The predicted octanol–water partition coefficient (Wildman–Crippen LogP) is 3.97. The Hall–Kier alpha value is -3.01. The summed E-state index contributed by atoms with van der Waals surface area (Å²) in [5.74, 6) is -2.28. The van der Waals surface area contributed by atoms with E-state index in [-0.39, 0.29) is 68.9 Å². The standard InChI is InChI=1S/C33H34FN2O5.Ca/c1-21(2)31-30(33(41)35-25-11-7-4-8-12-25)29(22-9-5-3-6-10-22)32(23-13-15-24(34)16-14-23)36(31)18-17-26(37)19-27(38)20-28(39)40;/h3-16,21,26-27,38H,17-20H2,1-2H3,(H,35,41)(H,39,40);/q-1;+2/p-1/t26-,27+;/m0./s1. The predicted molar refractivity (Wildman–Crippen MR) is 158 cm³/mol. The smallest absolute Gasteiger partial charge is 0.852 e. The van der Waals surface area contributed by atoms with Crippen LogP contribution >= 0.6 is 0 Å². The van der Waals surface area contributed by atoms with Crippen LogP contribution in [-0.2, 0) is 11.3 Å². The van der Waals surface area contributed by atoms with E-state index in [9.17, 15) is 29.3 Å². The Morgan fingerprint density at radius 1 is 0.929 bits per heavy atom. The van der Waals surface area contributed by atoms with E-state index in [1.54, 1.807) is 24.3 Å². The zero-order valence-electron chi connectivity index (χ0n) is 23.8. The van der Waals surface area contributed by atoms with Crippen LogP contribution in [0, 0.1) is 5.82 Å². The molecule has 4 rings (SSSR count). The van der Waals surface area contributed by atoms with E-state index in [4.69, 9.17) is 0 Å². The van der Waals surface area contributed by atoms with Crippen LogP contribution in [0.1, 0.15) is 55.1 Å². The van der Waals surface area contributed by atoms with Gasteiger partial charge in [-0.2, -0.15) is 0 Å². The zero-order valence-corrected chi connectivity index (χ0v) is 26.0. The number of carboxylic acids is 1. The van der Waals surface area contributed by atoms with Gasteiger partial charge in [0.05, 0.1) is 17.4 Å². The molecule has 0 bridgehead atoms. The van der Waals surface area contributed by atoms with Gasteiger partial charge in [0.2, 0.25) is 0 Å². The molecule has 0 unspecified atom stereocenters. The molecule has 4 aromatic rings. The average Bonchev–Trinajstić information content (AvgIpc) is 3.28. The molecule has 0 saturated carbocycles. The third-order valence-electron chi connectivity index (χ3n) is 6.90. The van der Waals surface area contributed by atoms with Gasteiger partial charge in [0, 0.05) is 35.9 Å².